The largest absolute Gasteiger partial charge is 0.408 e. The van der Waals surface area contributed by atoms with Gasteiger partial charge in [-0.3, -0.25) is 0 Å². The molecule has 0 amide bonds. The second-order valence-corrected chi connectivity index (χ2v) is 5.25. The number of hydrogen-bond acceptors (Lipinski definition) is 7. The quantitative estimate of drug-likeness (QED) is 0.786. The minimum absolute atomic E-state index is 0.0660. The molecule has 0 fully saturated rings. The Labute approximate surface area is 108 Å². The standard InChI is InChI=1S/C10H9N5O3S/c1-6-13-14-10(18-6)15-19(16,17)9-3-2-8(12)4-7(9)5-11/h2-4H,12H2,1H3,(H,14,15). The summed E-state index contributed by atoms with van der Waals surface area (Å²) in [6, 6.07) is 5.39. The molecule has 0 radical (unpaired) electrons. The zero-order valence-electron chi connectivity index (χ0n) is 9.78. The van der Waals surface area contributed by atoms with Crippen LogP contribution in [0.4, 0.5) is 11.7 Å². The molecule has 0 saturated carbocycles. The van der Waals surface area contributed by atoms with E-state index in [1.165, 1.54) is 25.1 Å². The maximum absolute atomic E-state index is 12.1. The van der Waals surface area contributed by atoms with Gasteiger partial charge in [0.15, 0.2) is 0 Å². The highest BCUT2D eigenvalue weighted by molar-refractivity contribution is 7.92. The molecule has 2 aromatic rings. The molecule has 98 valence electrons. The highest BCUT2D eigenvalue weighted by Gasteiger charge is 2.21. The van der Waals surface area contributed by atoms with Crippen molar-refractivity contribution in [2.75, 3.05) is 10.5 Å². The molecule has 0 aliphatic rings. The molecular formula is C10H9N5O3S. The number of nitrogen functional groups attached to an aromatic ring is 1. The van der Waals surface area contributed by atoms with Crippen molar-refractivity contribution in [1.29, 1.82) is 5.26 Å². The van der Waals surface area contributed by atoms with Crippen molar-refractivity contribution in [3.63, 3.8) is 0 Å². The third-order valence-electron chi connectivity index (χ3n) is 2.16. The van der Waals surface area contributed by atoms with E-state index in [1.807, 2.05) is 0 Å². The van der Waals surface area contributed by atoms with Crippen LogP contribution in [0.1, 0.15) is 11.5 Å². The van der Waals surface area contributed by atoms with E-state index in [0.717, 1.165) is 0 Å². The minimum Gasteiger partial charge on any atom is -0.408 e. The molecule has 0 aliphatic carbocycles. The molecule has 0 unspecified atom stereocenters. The van der Waals surface area contributed by atoms with Gasteiger partial charge in [0.2, 0.25) is 5.89 Å². The summed E-state index contributed by atoms with van der Waals surface area (Å²) in [4.78, 5) is -0.208. The highest BCUT2D eigenvalue weighted by Crippen LogP contribution is 2.20. The van der Waals surface area contributed by atoms with Crippen LogP contribution in [0, 0.1) is 18.3 Å². The van der Waals surface area contributed by atoms with Crippen molar-refractivity contribution in [1.82, 2.24) is 10.2 Å². The van der Waals surface area contributed by atoms with Gasteiger partial charge in [0.05, 0.1) is 5.56 Å². The molecule has 1 aromatic carbocycles. The molecule has 0 spiro atoms. The Morgan fingerprint density at radius 3 is 2.74 bits per heavy atom. The molecule has 1 aromatic heterocycles. The average molecular weight is 279 g/mol. The summed E-state index contributed by atoms with van der Waals surface area (Å²) in [5.74, 6) is 0.218. The molecule has 0 saturated heterocycles. The number of anilines is 2. The van der Waals surface area contributed by atoms with E-state index in [2.05, 4.69) is 14.9 Å². The van der Waals surface area contributed by atoms with Crippen LogP contribution < -0.4 is 10.5 Å². The molecular weight excluding hydrogens is 270 g/mol. The number of nitrogens with two attached hydrogens (primary N) is 1. The summed E-state index contributed by atoms with van der Waals surface area (Å²) in [6.45, 7) is 1.52. The van der Waals surface area contributed by atoms with E-state index in [4.69, 9.17) is 15.4 Å². The van der Waals surface area contributed by atoms with Crippen LogP contribution in [0.3, 0.4) is 0 Å². The van der Waals surface area contributed by atoms with Gasteiger partial charge in [-0.05, 0) is 18.2 Å². The lowest BCUT2D eigenvalue weighted by molar-refractivity contribution is 0.534. The Balaban J connectivity index is 2.43. The van der Waals surface area contributed by atoms with Crippen LogP contribution in [0.25, 0.3) is 0 Å². The van der Waals surface area contributed by atoms with Gasteiger partial charge < -0.3 is 10.2 Å². The molecule has 2 rings (SSSR count). The number of aromatic nitrogens is 2. The zero-order chi connectivity index (χ0) is 14.0. The summed E-state index contributed by atoms with van der Waals surface area (Å²) in [5.41, 5.74) is 5.72. The fourth-order valence-corrected chi connectivity index (χ4v) is 2.44. The van der Waals surface area contributed by atoms with Gasteiger partial charge in [-0.25, -0.2) is 13.1 Å². The van der Waals surface area contributed by atoms with Crippen LogP contribution in [-0.4, -0.2) is 18.6 Å². The monoisotopic (exact) mass is 279 g/mol. The van der Waals surface area contributed by atoms with Gasteiger partial charge in [-0.2, -0.15) is 5.26 Å². The van der Waals surface area contributed by atoms with Crippen LogP contribution in [-0.2, 0) is 10.0 Å². The Kier molecular flexibility index (Phi) is 3.10. The highest BCUT2D eigenvalue weighted by atomic mass is 32.2. The summed E-state index contributed by atoms with van der Waals surface area (Å²) in [5, 5.41) is 15.9. The predicted octanol–water partition coefficient (Wildman–Crippen LogP) is 0.633. The third kappa shape index (κ3) is 2.63. The van der Waals surface area contributed by atoms with Gasteiger partial charge in [0.1, 0.15) is 11.0 Å². The Morgan fingerprint density at radius 1 is 1.42 bits per heavy atom. The van der Waals surface area contributed by atoms with Gasteiger partial charge in [-0.1, -0.05) is 5.10 Å². The van der Waals surface area contributed by atoms with Crippen LogP contribution >= 0.6 is 0 Å². The molecule has 9 heteroatoms. The molecule has 8 nitrogen and oxygen atoms in total. The second kappa shape index (κ2) is 4.58. The summed E-state index contributed by atoms with van der Waals surface area (Å²) in [6.07, 6.45) is 0. The minimum atomic E-state index is -3.98. The van der Waals surface area contributed by atoms with E-state index in [0.29, 0.717) is 5.69 Å². The van der Waals surface area contributed by atoms with Crippen molar-refractivity contribution in [2.24, 2.45) is 0 Å². The van der Waals surface area contributed by atoms with Crippen LogP contribution in [0.5, 0.6) is 0 Å². The van der Waals surface area contributed by atoms with E-state index in [9.17, 15) is 8.42 Å². The summed E-state index contributed by atoms with van der Waals surface area (Å²) in [7, 11) is -3.98. The van der Waals surface area contributed by atoms with Crippen LogP contribution in [0.2, 0.25) is 0 Å². The van der Waals surface area contributed by atoms with Gasteiger partial charge in [0, 0.05) is 12.6 Å². The number of sulfonamides is 1. The van der Waals surface area contributed by atoms with E-state index >= 15 is 0 Å². The smallest absolute Gasteiger partial charge is 0.329 e. The number of hydrogen-bond donors (Lipinski definition) is 2. The molecule has 3 N–H and O–H groups in total. The third-order valence-corrected chi connectivity index (χ3v) is 3.54. The molecule has 19 heavy (non-hydrogen) atoms. The van der Waals surface area contributed by atoms with Crippen molar-refractivity contribution in [3.8, 4) is 6.07 Å². The second-order valence-electron chi connectivity index (χ2n) is 3.60. The predicted molar refractivity (Wildman–Crippen MR) is 65.4 cm³/mol. The first-order valence-electron chi connectivity index (χ1n) is 5.05. The average Bonchev–Trinajstić information content (AvgIpc) is 2.73. The lowest BCUT2D eigenvalue weighted by Gasteiger charge is -2.06. The Hall–Kier alpha value is -2.60. The lowest BCUT2D eigenvalue weighted by atomic mass is 10.2. The SMILES string of the molecule is Cc1nnc(NS(=O)(=O)c2ccc(N)cc2C#N)o1. The first kappa shape index (κ1) is 12.8. The van der Waals surface area contributed by atoms with Crippen molar-refractivity contribution >= 4 is 21.7 Å². The van der Waals surface area contributed by atoms with E-state index in [-0.39, 0.29) is 22.4 Å². The summed E-state index contributed by atoms with van der Waals surface area (Å²) >= 11 is 0. The molecule has 0 bridgehead atoms. The first-order valence-corrected chi connectivity index (χ1v) is 6.53. The number of nitrogens with zero attached hydrogens (tertiary/aromatic N) is 3. The fourth-order valence-electron chi connectivity index (χ4n) is 1.38. The van der Waals surface area contributed by atoms with Crippen molar-refractivity contribution in [2.45, 2.75) is 11.8 Å². The topological polar surface area (TPSA) is 135 Å². The molecule has 1 heterocycles. The number of benzene rings is 1. The van der Waals surface area contributed by atoms with Crippen molar-refractivity contribution < 1.29 is 12.8 Å². The fraction of sp³-hybridized carbons (Fsp3) is 0.100. The van der Waals surface area contributed by atoms with Gasteiger partial charge >= 0.3 is 6.01 Å². The Morgan fingerprint density at radius 2 is 2.16 bits per heavy atom. The van der Waals surface area contributed by atoms with Crippen LogP contribution in [0.15, 0.2) is 27.5 Å². The van der Waals surface area contributed by atoms with E-state index in [1.54, 1.807) is 6.07 Å². The maximum atomic E-state index is 12.1. The molecule has 0 aliphatic heterocycles. The first-order chi connectivity index (χ1) is 8.92. The number of nitriles is 1. The summed E-state index contributed by atoms with van der Waals surface area (Å²) < 4.78 is 31.1. The number of rotatable bonds is 3. The molecule has 0 atom stereocenters. The Bertz CT molecular complexity index is 760. The van der Waals surface area contributed by atoms with Crippen molar-refractivity contribution in [3.05, 3.63) is 29.7 Å². The number of nitrogens with one attached hydrogen (secondary N) is 1. The lowest BCUT2D eigenvalue weighted by Crippen LogP contribution is -2.14. The van der Waals surface area contributed by atoms with E-state index < -0.39 is 10.0 Å². The number of aryl methyl sites for hydroxylation is 1. The maximum Gasteiger partial charge on any atom is 0.329 e. The zero-order valence-corrected chi connectivity index (χ0v) is 10.6. The van der Waals surface area contributed by atoms with Gasteiger partial charge in [-0.15, -0.1) is 5.10 Å². The normalized spacial score (nSPS) is 10.9. The van der Waals surface area contributed by atoms with Gasteiger partial charge in [0.25, 0.3) is 10.0 Å².